The molecule has 6 rings (SSSR count). The normalized spacial score (nSPS) is 16.1. The Hall–Kier alpha value is -4.49. The number of carbonyl (C=O) groups is 1. The number of carbonyl (C=O) groups excluding carboxylic acids is 1. The lowest BCUT2D eigenvalue weighted by molar-refractivity contribution is -0.142. The molecule has 1 atom stereocenters. The summed E-state index contributed by atoms with van der Waals surface area (Å²) in [6.45, 7) is 0.236. The maximum atomic E-state index is 13.6. The third-order valence-corrected chi connectivity index (χ3v) is 5.80. The number of amides is 1. The van der Waals surface area contributed by atoms with E-state index in [0.717, 1.165) is 16.3 Å². The molecule has 0 spiro atoms. The van der Waals surface area contributed by atoms with Crippen molar-refractivity contribution in [3.63, 3.8) is 0 Å². The number of halogens is 3. The molecular formula is C21H16F3N9O2. The average molecular weight is 483 g/mol. The molecule has 35 heavy (non-hydrogen) atoms. The molecule has 5 aromatic rings. The van der Waals surface area contributed by atoms with Gasteiger partial charge in [0.15, 0.2) is 0 Å². The second kappa shape index (κ2) is 7.51. The van der Waals surface area contributed by atoms with Gasteiger partial charge in [0.05, 0.1) is 23.2 Å². The van der Waals surface area contributed by atoms with Gasteiger partial charge >= 0.3 is 18.0 Å². The van der Waals surface area contributed by atoms with Crippen LogP contribution in [0.3, 0.4) is 0 Å². The van der Waals surface area contributed by atoms with Crippen molar-refractivity contribution in [2.45, 2.75) is 18.6 Å². The fourth-order valence-electron chi connectivity index (χ4n) is 4.24. The number of aromatic amines is 1. The van der Waals surface area contributed by atoms with Crippen LogP contribution in [0.5, 0.6) is 0 Å². The first kappa shape index (κ1) is 21.1. The fraction of sp³-hybridized carbons (Fsp3) is 0.238. The summed E-state index contributed by atoms with van der Waals surface area (Å²) in [5.41, 5.74) is 1.21. The molecule has 1 N–H and O–H groups in total. The topological polar surface area (TPSA) is 123 Å². The molecule has 5 aromatic heterocycles. The number of rotatable bonds is 3. The van der Waals surface area contributed by atoms with Crippen molar-refractivity contribution in [1.29, 1.82) is 0 Å². The predicted molar refractivity (Wildman–Crippen MR) is 112 cm³/mol. The quantitative estimate of drug-likeness (QED) is 0.419. The number of aryl methyl sites for hydroxylation is 1. The van der Waals surface area contributed by atoms with E-state index >= 15 is 0 Å². The van der Waals surface area contributed by atoms with Crippen molar-refractivity contribution in [1.82, 2.24) is 44.5 Å². The molecule has 0 unspecified atom stereocenters. The van der Waals surface area contributed by atoms with Gasteiger partial charge in [-0.1, -0.05) is 6.07 Å². The zero-order valence-corrected chi connectivity index (χ0v) is 18.1. The zero-order chi connectivity index (χ0) is 24.3. The summed E-state index contributed by atoms with van der Waals surface area (Å²) in [6, 6.07) is 6.09. The van der Waals surface area contributed by atoms with Crippen LogP contribution in [0.15, 0.2) is 47.3 Å². The molecule has 0 fully saturated rings. The fourth-order valence-corrected chi connectivity index (χ4v) is 4.24. The van der Waals surface area contributed by atoms with E-state index in [9.17, 15) is 18.0 Å². The molecule has 178 valence electrons. The Bertz CT molecular complexity index is 1560. The van der Waals surface area contributed by atoms with Crippen LogP contribution in [0, 0.1) is 0 Å². The Morgan fingerprint density at radius 2 is 2.06 bits per heavy atom. The van der Waals surface area contributed by atoms with Crippen molar-refractivity contribution in [2.75, 3.05) is 6.54 Å². The molecule has 0 saturated carbocycles. The number of fused-ring (bicyclic) bond motifs is 2. The number of nitrogens with zero attached hydrogens (tertiary/aromatic N) is 8. The molecule has 0 aromatic carbocycles. The minimum absolute atomic E-state index is 0.0746. The summed E-state index contributed by atoms with van der Waals surface area (Å²) in [5, 5.41) is 16.2. The number of hydrogen-bond acceptors (Lipinski definition) is 7. The summed E-state index contributed by atoms with van der Waals surface area (Å²) in [7, 11) is 1.73. The van der Waals surface area contributed by atoms with Crippen LogP contribution in [0.1, 0.15) is 39.5 Å². The summed E-state index contributed by atoms with van der Waals surface area (Å²) in [4.78, 5) is 22.2. The minimum Gasteiger partial charge on any atom is -0.411 e. The first-order chi connectivity index (χ1) is 16.8. The largest absolute Gasteiger partial charge is 0.433 e. The van der Waals surface area contributed by atoms with E-state index in [1.54, 1.807) is 24.0 Å². The van der Waals surface area contributed by atoms with Gasteiger partial charge in [-0.25, -0.2) is 9.50 Å². The van der Waals surface area contributed by atoms with E-state index in [1.807, 2.05) is 0 Å². The van der Waals surface area contributed by atoms with Crippen LogP contribution < -0.4 is 0 Å². The van der Waals surface area contributed by atoms with E-state index in [-0.39, 0.29) is 29.5 Å². The minimum atomic E-state index is -4.60. The highest BCUT2D eigenvalue weighted by atomic mass is 19.4. The average Bonchev–Trinajstić information content (AvgIpc) is 3.62. The van der Waals surface area contributed by atoms with Crippen molar-refractivity contribution in [2.24, 2.45) is 7.05 Å². The Kier molecular flexibility index (Phi) is 4.52. The lowest BCUT2D eigenvalue weighted by Crippen LogP contribution is -2.41. The maximum Gasteiger partial charge on any atom is 0.433 e. The third kappa shape index (κ3) is 3.45. The molecule has 1 aliphatic rings. The highest BCUT2D eigenvalue weighted by Gasteiger charge is 2.39. The molecule has 6 heterocycles. The van der Waals surface area contributed by atoms with Gasteiger partial charge in [0, 0.05) is 31.9 Å². The number of imidazole rings is 1. The van der Waals surface area contributed by atoms with Crippen LogP contribution in [-0.2, 0) is 19.6 Å². The van der Waals surface area contributed by atoms with Gasteiger partial charge in [-0.05, 0) is 24.3 Å². The Labute approximate surface area is 194 Å². The second-order valence-electron chi connectivity index (χ2n) is 8.02. The highest BCUT2D eigenvalue weighted by Crippen LogP contribution is 2.36. The van der Waals surface area contributed by atoms with Gasteiger partial charge < -0.3 is 14.3 Å². The number of nitrogens with one attached hydrogen (secondary N) is 1. The van der Waals surface area contributed by atoms with Gasteiger partial charge in [-0.3, -0.25) is 9.48 Å². The smallest absolute Gasteiger partial charge is 0.411 e. The van der Waals surface area contributed by atoms with Crippen molar-refractivity contribution < 1.29 is 22.4 Å². The zero-order valence-electron chi connectivity index (χ0n) is 18.1. The van der Waals surface area contributed by atoms with Gasteiger partial charge in [0.2, 0.25) is 0 Å². The molecule has 0 radical (unpaired) electrons. The SMILES string of the molecule is Cn1ccc(-c2nnc(C(=O)N3CCc4[nH]cnc4[C@@H]3c3cc4cccc(C(F)(F)F)n4n3)o2)n1. The number of H-pyrrole nitrogens is 1. The molecule has 0 aliphatic carbocycles. The molecule has 0 saturated heterocycles. The molecule has 0 bridgehead atoms. The van der Waals surface area contributed by atoms with E-state index in [0.29, 0.717) is 17.8 Å². The number of alkyl halides is 3. The van der Waals surface area contributed by atoms with E-state index in [4.69, 9.17) is 4.42 Å². The monoisotopic (exact) mass is 483 g/mol. The van der Waals surface area contributed by atoms with E-state index < -0.39 is 23.8 Å². The van der Waals surface area contributed by atoms with E-state index in [1.165, 1.54) is 29.4 Å². The highest BCUT2D eigenvalue weighted by molar-refractivity contribution is 5.90. The summed E-state index contributed by atoms with van der Waals surface area (Å²) in [6.07, 6.45) is -0.970. The standard InChI is InChI=1S/C21H16F3N9O2/c1-31-7-5-13(29-31)18-27-28-19(35-18)20(34)32-8-6-12-16(26-10-25-12)17(32)14-9-11-3-2-4-15(21(22,23)24)33(11)30-14/h2-5,7,9-10,17H,6,8H2,1H3,(H,25,26)/t17-/m0/s1. The van der Waals surface area contributed by atoms with Crippen LogP contribution in [0.2, 0.25) is 0 Å². The van der Waals surface area contributed by atoms with Crippen molar-refractivity contribution in [3.8, 4) is 11.6 Å². The maximum absolute atomic E-state index is 13.6. The molecule has 11 nitrogen and oxygen atoms in total. The molecule has 1 amide bonds. The van der Waals surface area contributed by atoms with Gasteiger partial charge in [0.1, 0.15) is 17.4 Å². The summed E-state index contributed by atoms with van der Waals surface area (Å²) < 4.78 is 48.6. The Morgan fingerprint density at radius 3 is 2.83 bits per heavy atom. The first-order valence-corrected chi connectivity index (χ1v) is 10.5. The van der Waals surface area contributed by atoms with Crippen molar-refractivity contribution in [3.05, 3.63) is 71.5 Å². The van der Waals surface area contributed by atoms with Crippen LogP contribution in [0.25, 0.3) is 17.1 Å². The van der Waals surface area contributed by atoms with Crippen LogP contribution in [-0.4, -0.2) is 56.9 Å². The third-order valence-electron chi connectivity index (χ3n) is 5.80. The predicted octanol–water partition coefficient (Wildman–Crippen LogP) is 2.65. The summed E-state index contributed by atoms with van der Waals surface area (Å²) in [5.74, 6) is -0.786. The lowest BCUT2D eigenvalue weighted by atomic mass is 9.99. The van der Waals surface area contributed by atoms with Gasteiger partial charge in [-0.2, -0.15) is 23.4 Å². The lowest BCUT2D eigenvalue weighted by Gasteiger charge is -2.32. The van der Waals surface area contributed by atoms with Gasteiger partial charge in [0.25, 0.3) is 5.89 Å². The number of pyridine rings is 1. The van der Waals surface area contributed by atoms with Crippen molar-refractivity contribution >= 4 is 11.4 Å². The Morgan fingerprint density at radius 1 is 1.20 bits per heavy atom. The van der Waals surface area contributed by atoms with Crippen LogP contribution in [0.4, 0.5) is 13.2 Å². The van der Waals surface area contributed by atoms with Gasteiger partial charge in [-0.15, -0.1) is 10.2 Å². The van der Waals surface area contributed by atoms with Crippen LogP contribution >= 0.6 is 0 Å². The second-order valence-corrected chi connectivity index (χ2v) is 8.02. The molecular weight excluding hydrogens is 467 g/mol. The Balaban J connectivity index is 1.42. The summed E-state index contributed by atoms with van der Waals surface area (Å²) >= 11 is 0. The molecule has 14 heteroatoms. The number of aromatic nitrogens is 8. The first-order valence-electron chi connectivity index (χ1n) is 10.5. The number of hydrogen-bond donors (Lipinski definition) is 1. The van der Waals surface area contributed by atoms with E-state index in [2.05, 4.69) is 30.4 Å². The molecule has 1 aliphatic heterocycles.